The van der Waals surface area contributed by atoms with E-state index < -0.39 is 0 Å². The molecule has 0 spiro atoms. The zero-order valence-electron chi connectivity index (χ0n) is 11.3. The highest BCUT2D eigenvalue weighted by Crippen LogP contribution is 2.17. The Balaban J connectivity index is 1.71. The molecule has 0 aliphatic carbocycles. The standard InChI is InChI=1S/C17H14N2OS/c20-16(11-19-17(21)12-6-2-1-3-7-12)14-10-18-15-9-5-4-8-13(14)15/h1-10,18H,11H2,(H,19,21). The molecule has 0 amide bonds. The van der Waals surface area contributed by atoms with Crippen molar-refractivity contribution in [1.82, 2.24) is 10.3 Å². The zero-order chi connectivity index (χ0) is 14.7. The Morgan fingerprint density at radius 1 is 1.05 bits per heavy atom. The lowest BCUT2D eigenvalue weighted by Gasteiger charge is -2.06. The summed E-state index contributed by atoms with van der Waals surface area (Å²) >= 11 is 5.29. The van der Waals surface area contributed by atoms with Gasteiger partial charge in [-0.1, -0.05) is 60.7 Å². The lowest BCUT2D eigenvalue weighted by molar-refractivity contribution is 0.0998. The van der Waals surface area contributed by atoms with Crippen LogP contribution >= 0.6 is 12.2 Å². The van der Waals surface area contributed by atoms with Crippen LogP contribution in [0.5, 0.6) is 0 Å². The predicted molar refractivity (Wildman–Crippen MR) is 88.8 cm³/mol. The quantitative estimate of drug-likeness (QED) is 0.573. The number of hydrogen-bond donors (Lipinski definition) is 2. The number of nitrogens with one attached hydrogen (secondary N) is 2. The molecule has 0 saturated carbocycles. The number of para-hydroxylation sites is 1. The minimum atomic E-state index is 0.0192. The van der Waals surface area contributed by atoms with E-state index in [2.05, 4.69) is 10.3 Å². The van der Waals surface area contributed by atoms with E-state index in [1.807, 2.05) is 54.6 Å². The Morgan fingerprint density at radius 2 is 1.76 bits per heavy atom. The highest BCUT2D eigenvalue weighted by molar-refractivity contribution is 7.80. The van der Waals surface area contributed by atoms with Gasteiger partial charge >= 0.3 is 0 Å². The van der Waals surface area contributed by atoms with Crippen molar-refractivity contribution in [2.75, 3.05) is 6.54 Å². The van der Waals surface area contributed by atoms with Gasteiger partial charge in [-0.15, -0.1) is 0 Å². The molecular formula is C17H14N2OS. The van der Waals surface area contributed by atoms with Crippen LogP contribution in [0.25, 0.3) is 10.9 Å². The van der Waals surface area contributed by atoms with Gasteiger partial charge in [0.15, 0.2) is 5.78 Å². The fourth-order valence-corrected chi connectivity index (χ4v) is 2.46. The average molecular weight is 294 g/mol. The molecule has 0 bridgehead atoms. The fraction of sp³-hybridized carbons (Fsp3) is 0.0588. The summed E-state index contributed by atoms with van der Waals surface area (Å²) < 4.78 is 0. The van der Waals surface area contributed by atoms with Crippen molar-refractivity contribution in [2.24, 2.45) is 0 Å². The summed E-state index contributed by atoms with van der Waals surface area (Å²) in [7, 11) is 0. The number of carbonyl (C=O) groups is 1. The number of aromatic nitrogens is 1. The second-order valence-electron chi connectivity index (χ2n) is 4.72. The Hall–Kier alpha value is -2.46. The predicted octanol–water partition coefficient (Wildman–Crippen LogP) is 3.32. The fourth-order valence-electron chi connectivity index (χ4n) is 2.25. The molecule has 0 saturated heterocycles. The van der Waals surface area contributed by atoms with Gasteiger partial charge in [-0.25, -0.2) is 0 Å². The van der Waals surface area contributed by atoms with Gasteiger partial charge in [-0.2, -0.15) is 0 Å². The number of carbonyl (C=O) groups excluding carboxylic acids is 1. The van der Waals surface area contributed by atoms with Crippen molar-refractivity contribution in [3.63, 3.8) is 0 Å². The van der Waals surface area contributed by atoms with E-state index in [-0.39, 0.29) is 12.3 Å². The first kappa shape index (κ1) is 13.5. The normalized spacial score (nSPS) is 10.5. The van der Waals surface area contributed by atoms with Crippen molar-refractivity contribution < 1.29 is 4.79 Å². The average Bonchev–Trinajstić information content (AvgIpc) is 2.97. The molecule has 104 valence electrons. The second kappa shape index (κ2) is 5.89. The molecular weight excluding hydrogens is 280 g/mol. The molecule has 3 nitrogen and oxygen atoms in total. The number of fused-ring (bicyclic) bond motifs is 1. The highest BCUT2D eigenvalue weighted by atomic mass is 32.1. The third kappa shape index (κ3) is 2.85. The second-order valence-corrected chi connectivity index (χ2v) is 5.13. The Labute approximate surface area is 128 Å². The van der Waals surface area contributed by atoms with Crippen LogP contribution < -0.4 is 5.32 Å². The van der Waals surface area contributed by atoms with Gasteiger partial charge in [0, 0.05) is 28.2 Å². The largest absolute Gasteiger partial charge is 0.368 e. The number of aromatic amines is 1. The highest BCUT2D eigenvalue weighted by Gasteiger charge is 2.12. The molecule has 0 aliphatic rings. The van der Waals surface area contributed by atoms with E-state index in [9.17, 15) is 4.79 Å². The maximum Gasteiger partial charge on any atom is 0.184 e. The number of benzene rings is 2. The Morgan fingerprint density at radius 3 is 2.57 bits per heavy atom. The van der Waals surface area contributed by atoms with Crippen LogP contribution in [0.2, 0.25) is 0 Å². The monoisotopic (exact) mass is 294 g/mol. The Bertz CT molecular complexity index is 793. The molecule has 0 radical (unpaired) electrons. The first-order valence-electron chi connectivity index (χ1n) is 6.68. The van der Waals surface area contributed by atoms with Crippen LogP contribution in [0.15, 0.2) is 60.8 Å². The van der Waals surface area contributed by atoms with Crippen molar-refractivity contribution in [3.05, 3.63) is 71.9 Å². The van der Waals surface area contributed by atoms with Gasteiger partial charge in [-0.05, 0) is 6.07 Å². The van der Waals surface area contributed by atoms with Gasteiger partial charge in [0.25, 0.3) is 0 Å². The van der Waals surface area contributed by atoms with Gasteiger partial charge in [0.2, 0.25) is 0 Å². The summed E-state index contributed by atoms with van der Waals surface area (Å²) in [5.41, 5.74) is 2.57. The topological polar surface area (TPSA) is 44.9 Å². The number of ketones is 1. The molecule has 0 fully saturated rings. The number of hydrogen-bond acceptors (Lipinski definition) is 2. The number of H-pyrrole nitrogens is 1. The van der Waals surface area contributed by atoms with Crippen molar-refractivity contribution >= 4 is 33.9 Å². The summed E-state index contributed by atoms with van der Waals surface area (Å²) in [5, 5.41) is 3.96. The Kier molecular flexibility index (Phi) is 3.79. The molecule has 0 unspecified atom stereocenters. The lowest BCUT2D eigenvalue weighted by atomic mass is 10.1. The van der Waals surface area contributed by atoms with Crippen molar-refractivity contribution in [3.8, 4) is 0 Å². The van der Waals surface area contributed by atoms with Crippen LogP contribution in [0, 0.1) is 0 Å². The van der Waals surface area contributed by atoms with Crippen LogP contribution in [0.1, 0.15) is 15.9 Å². The third-order valence-electron chi connectivity index (χ3n) is 3.34. The first-order chi connectivity index (χ1) is 10.3. The summed E-state index contributed by atoms with van der Waals surface area (Å²) in [6.07, 6.45) is 1.75. The van der Waals surface area contributed by atoms with E-state index in [1.165, 1.54) is 0 Å². The molecule has 21 heavy (non-hydrogen) atoms. The van der Waals surface area contributed by atoms with E-state index in [0.29, 0.717) is 10.6 Å². The maximum atomic E-state index is 12.3. The number of thiocarbonyl (C=S) groups is 1. The molecule has 3 rings (SSSR count). The van der Waals surface area contributed by atoms with Crippen LogP contribution in [0.3, 0.4) is 0 Å². The number of rotatable bonds is 4. The molecule has 2 aromatic carbocycles. The van der Waals surface area contributed by atoms with Crippen LogP contribution in [0.4, 0.5) is 0 Å². The maximum absolute atomic E-state index is 12.3. The van der Waals surface area contributed by atoms with Gasteiger partial charge < -0.3 is 10.3 Å². The summed E-state index contributed by atoms with van der Waals surface area (Å²) in [6, 6.07) is 17.4. The van der Waals surface area contributed by atoms with Gasteiger partial charge in [0.05, 0.1) is 6.54 Å². The van der Waals surface area contributed by atoms with E-state index >= 15 is 0 Å². The molecule has 2 N–H and O–H groups in total. The van der Waals surface area contributed by atoms with Crippen molar-refractivity contribution in [1.29, 1.82) is 0 Å². The minimum absolute atomic E-state index is 0.0192. The smallest absolute Gasteiger partial charge is 0.184 e. The summed E-state index contributed by atoms with van der Waals surface area (Å²) in [6.45, 7) is 0.190. The van der Waals surface area contributed by atoms with E-state index in [1.54, 1.807) is 6.20 Å². The third-order valence-corrected chi connectivity index (χ3v) is 3.72. The molecule has 1 heterocycles. The van der Waals surface area contributed by atoms with Crippen LogP contribution in [-0.4, -0.2) is 22.3 Å². The van der Waals surface area contributed by atoms with E-state index in [0.717, 1.165) is 16.5 Å². The summed E-state index contributed by atoms with van der Waals surface area (Å²) in [5.74, 6) is 0.0192. The molecule has 0 aliphatic heterocycles. The minimum Gasteiger partial charge on any atom is -0.368 e. The SMILES string of the molecule is O=C(CNC(=S)c1ccccc1)c1c[nH]c2ccccc12. The molecule has 4 heteroatoms. The van der Waals surface area contributed by atoms with Crippen molar-refractivity contribution in [2.45, 2.75) is 0 Å². The van der Waals surface area contributed by atoms with Gasteiger partial charge in [-0.3, -0.25) is 4.79 Å². The number of Topliss-reactive ketones (excluding diaryl/α,β-unsaturated/α-hetero) is 1. The molecule has 0 atom stereocenters. The molecule has 3 aromatic rings. The zero-order valence-corrected chi connectivity index (χ0v) is 12.1. The molecule has 1 aromatic heterocycles. The first-order valence-corrected chi connectivity index (χ1v) is 7.09. The van der Waals surface area contributed by atoms with Crippen LogP contribution in [-0.2, 0) is 0 Å². The lowest BCUT2D eigenvalue weighted by Crippen LogP contribution is -2.28. The van der Waals surface area contributed by atoms with Gasteiger partial charge in [0.1, 0.15) is 4.99 Å². The summed E-state index contributed by atoms with van der Waals surface area (Å²) in [4.78, 5) is 16.0. The van der Waals surface area contributed by atoms with E-state index in [4.69, 9.17) is 12.2 Å².